The second-order valence-electron chi connectivity index (χ2n) is 3.90. The van der Waals surface area contributed by atoms with E-state index in [1.807, 2.05) is 6.92 Å². The molecule has 1 aliphatic rings. The minimum absolute atomic E-state index is 0.00990. The molecular formula is C12H15NO3. The van der Waals surface area contributed by atoms with E-state index < -0.39 is 0 Å². The molecule has 1 aliphatic heterocycles. The summed E-state index contributed by atoms with van der Waals surface area (Å²) in [6, 6.07) is 3.53. The molecule has 0 spiro atoms. The van der Waals surface area contributed by atoms with Gasteiger partial charge in [-0.25, -0.2) is 0 Å². The predicted octanol–water partition coefficient (Wildman–Crippen LogP) is 1.95. The number of methoxy groups -OCH3 is 2. The van der Waals surface area contributed by atoms with Crippen LogP contribution in [-0.4, -0.2) is 26.5 Å². The summed E-state index contributed by atoms with van der Waals surface area (Å²) in [5.41, 5.74) is 1.42. The van der Waals surface area contributed by atoms with E-state index in [9.17, 15) is 4.79 Å². The van der Waals surface area contributed by atoms with Crippen LogP contribution >= 0.6 is 0 Å². The summed E-state index contributed by atoms with van der Waals surface area (Å²) in [6.07, 6.45) is 0. The third kappa shape index (κ3) is 1.60. The number of rotatable bonds is 2. The summed E-state index contributed by atoms with van der Waals surface area (Å²) in [6.45, 7) is 2.55. The van der Waals surface area contributed by atoms with Crippen LogP contribution in [0.5, 0.6) is 11.5 Å². The van der Waals surface area contributed by atoms with E-state index >= 15 is 0 Å². The summed E-state index contributed by atoms with van der Waals surface area (Å²) in [5, 5.41) is 3.21. The zero-order chi connectivity index (χ0) is 11.7. The highest BCUT2D eigenvalue weighted by Crippen LogP contribution is 2.37. The van der Waals surface area contributed by atoms with Crippen LogP contribution in [0.25, 0.3) is 0 Å². The molecule has 2 rings (SSSR count). The summed E-state index contributed by atoms with van der Waals surface area (Å²) in [5.74, 6) is 1.41. The maximum absolute atomic E-state index is 12.0. The van der Waals surface area contributed by atoms with Crippen molar-refractivity contribution in [3.05, 3.63) is 17.7 Å². The van der Waals surface area contributed by atoms with E-state index in [-0.39, 0.29) is 11.7 Å². The molecular weight excluding hydrogens is 206 g/mol. The molecule has 1 heterocycles. The molecule has 4 nitrogen and oxygen atoms in total. The first-order valence-corrected chi connectivity index (χ1v) is 5.21. The van der Waals surface area contributed by atoms with Gasteiger partial charge in [0.05, 0.1) is 19.9 Å². The van der Waals surface area contributed by atoms with E-state index in [1.165, 1.54) is 0 Å². The van der Waals surface area contributed by atoms with Crippen molar-refractivity contribution in [2.75, 3.05) is 26.1 Å². The molecule has 0 saturated carbocycles. The maximum Gasteiger partial charge on any atom is 0.169 e. The minimum atomic E-state index is -0.00990. The molecule has 1 atom stereocenters. The number of fused-ring (bicyclic) bond motifs is 1. The largest absolute Gasteiger partial charge is 0.497 e. The van der Waals surface area contributed by atoms with Crippen molar-refractivity contribution in [2.45, 2.75) is 6.92 Å². The predicted molar refractivity (Wildman–Crippen MR) is 61.5 cm³/mol. The van der Waals surface area contributed by atoms with Gasteiger partial charge in [-0.2, -0.15) is 0 Å². The van der Waals surface area contributed by atoms with Gasteiger partial charge in [-0.15, -0.1) is 0 Å². The van der Waals surface area contributed by atoms with Gasteiger partial charge < -0.3 is 14.8 Å². The van der Waals surface area contributed by atoms with Crippen LogP contribution in [0.1, 0.15) is 17.3 Å². The van der Waals surface area contributed by atoms with Crippen LogP contribution in [0.15, 0.2) is 12.1 Å². The average Bonchev–Trinajstić information content (AvgIpc) is 2.32. The number of hydrogen-bond donors (Lipinski definition) is 1. The number of ether oxygens (including phenoxy) is 2. The van der Waals surface area contributed by atoms with Gasteiger partial charge in [0.25, 0.3) is 0 Å². The number of carbonyl (C=O) groups excluding carboxylic acids is 1. The van der Waals surface area contributed by atoms with E-state index in [0.717, 1.165) is 5.69 Å². The Bertz CT molecular complexity index is 429. The Morgan fingerprint density at radius 1 is 1.31 bits per heavy atom. The fraction of sp³-hybridized carbons (Fsp3) is 0.417. The van der Waals surface area contributed by atoms with Crippen molar-refractivity contribution in [3.63, 3.8) is 0 Å². The summed E-state index contributed by atoms with van der Waals surface area (Å²) >= 11 is 0. The molecule has 0 aliphatic carbocycles. The van der Waals surface area contributed by atoms with E-state index in [2.05, 4.69) is 5.32 Å². The number of carbonyl (C=O) groups is 1. The highest BCUT2D eigenvalue weighted by Gasteiger charge is 2.26. The number of ketones is 1. The van der Waals surface area contributed by atoms with Gasteiger partial charge in [-0.05, 0) is 6.07 Å². The number of anilines is 1. The van der Waals surface area contributed by atoms with Crippen molar-refractivity contribution < 1.29 is 14.3 Å². The molecule has 0 bridgehead atoms. The maximum atomic E-state index is 12.0. The monoisotopic (exact) mass is 221 g/mol. The highest BCUT2D eigenvalue weighted by atomic mass is 16.5. The molecule has 4 heteroatoms. The molecule has 0 saturated heterocycles. The van der Waals surface area contributed by atoms with Crippen molar-refractivity contribution >= 4 is 11.5 Å². The Balaban J connectivity index is 2.57. The Labute approximate surface area is 94.6 Å². The quantitative estimate of drug-likeness (QED) is 0.829. The average molecular weight is 221 g/mol. The van der Waals surface area contributed by atoms with Gasteiger partial charge in [-0.3, -0.25) is 4.79 Å². The van der Waals surface area contributed by atoms with Crippen LogP contribution in [0, 0.1) is 5.92 Å². The Kier molecular flexibility index (Phi) is 2.73. The van der Waals surface area contributed by atoms with Crippen LogP contribution in [0.4, 0.5) is 5.69 Å². The van der Waals surface area contributed by atoms with Crippen molar-refractivity contribution in [2.24, 2.45) is 5.92 Å². The lowest BCUT2D eigenvalue weighted by Crippen LogP contribution is -2.27. The molecule has 16 heavy (non-hydrogen) atoms. The lowest BCUT2D eigenvalue weighted by molar-refractivity contribution is 0.0931. The van der Waals surface area contributed by atoms with Gasteiger partial charge in [0.2, 0.25) is 0 Å². The second-order valence-corrected chi connectivity index (χ2v) is 3.90. The molecule has 86 valence electrons. The summed E-state index contributed by atoms with van der Waals surface area (Å²) in [4.78, 5) is 12.0. The van der Waals surface area contributed by atoms with Gasteiger partial charge in [-0.1, -0.05) is 6.92 Å². The number of Topliss-reactive ketones (excluding diaryl/α,β-unsaturated/α-hetero) is 1. The zero-order valence-corrected chi connectivity index (χ0v) is 9.66. The first kappa shape index (κ1) is 10.8. The number of benzene rings is 1. The lowest BCUT2D eigenvalue weighted by atomic mass is 9.93. The van der Waals surface area contributed by atoms with Gasteiger partial charge >= 0.3 is 0 Å². The van der Waals surface area contributed by atoms with E-state index in [1.54, 1.807) is 26.4 Å². The third-order valence-electron chi connectivity index (χ3n) is 2.83. The molecule has 0 radical (unpaired) electrons. The topological polar surface area (TPSA) is 47.6 Å². The normalized spacial score (nSPS) is 18.7. The van der Waals surface area contributed by atoms with E-state index in [0.29, 0.717) is 23.6 Å². The molecule has 1 N–H and O–H groups in total. The van der Waals surface area contributed by atoms with Gasteiger partial charge in [0.1, 0.15) is 11.5 Å². The van der Waals surface area contributed by atoms with Crippen LogP contribution in [0.2, 0.25) is 0 Å². The standard InChI is InChI=1S/C12H15NO3/c1-7-6-13-11-9(12(7)14)4-8(15-2)5-10(11)16-3/h4-5,7,13H,6H2,1-3H3. The SMILES string of the molecule is COc1cc(OC)c2c(c1)C(=O)C(C)CN2. The van der Waals surface area contributed by atoms with Crippen molar-refractivity contribution in [1.29, 1.82) is 0 Å². The fourth-order valence-electron chi connectivity index (χ4n) is 1.86. The molecule has 0 aromatic heterocycles. The molecule has 1 aromatic carbocycles. The first-order valence-electron chi connectivity index (χ1n) is 5.21. The third-order valence-corrected chi connectivity index (χ3v) is 2.83. The number of nitrogens with one attached hydrogen (secondary N) is 1. The van der Waals surface area contributed by atoms with Crippen LogP contribution in [-0.2, 0) is 0 Å². The van der Waals surface area contributed by atoms with Crippen molar-refractivity contribution in [1.82, 2.24) is 0 Å². The van der Waals surface area contributed by atoms with Crippen molar-refractivity contribution in [3.8, 4) is 11.5 Å². The molecule has 1 aromatic rings. The highest BCUT2D eigenvalue weighted by molar-refractivity contribution is 6.06. The smallest absolute Gasteiger partial charge is 0.169 e. The second kappa shape index (κ2) is 4.04. The fourth-order valence-corrected chi connectivity index (χ4v) is 1.86. The molecule has 0 amide bonds. The minimum Gasteiger partial charge on any atom is -0.497 e. The van der Waals surface area contributed by atoms with E-state index in [4.69, 9.17) is 9.47 Å². The Morgan fingerprint density at radius 2 is 2.06 bits per heavy atom. The summed E-state index contributed by atoms with van der Waals surface area (Å²) in [7, 11) is 3.16. The van der Waals surface area contributed by atoms with Gasteiger partial charge in [0, 0.05) is 24.1 Å². The van der Waals surface area contributed by atoms with Crippen LogP contribution in [0.3, 0.4) is 0 Å². The molecule has 0 fully saturated rings. The zero-order valence-electron chi connectivity index (χ0n) is 9.66. The van der Waals surface area contributed by atoms with Gasteiger partial charge in [0.15, 0.2) is 5.78 Å². The molecule has 1 unspecified atom stereocenters. The summed E-state index contributed by atoms with van der Waals surface area (Å²) < 4.78 is 10.4. The Hall–Kier alpha value is -1.71. The van der Waals surface area contributed by atoms with Crippen LogP contribution < -0.4 is 14.8 Å². The lowest BCUT2D eigenvalue weighted by Gasteiger charge is -2.24. The number of hydrogen-bond acceptors (Lipinski definition) is 4. The first-order chi connectivity index (χ1) is 7.67. The Morgan fingerprint density at radius 3 is 2.69 bits per heavy atom.